The zero-order valence-corrected chi connectivity index (χ0v) is 14.6. The van der Waals surface area contributed by atoms with E-state index in [0.29, 0.717) is 45.0 Å². The number of aromatic nitrogens is 2. The molecule has 0 atom stereocenters. The van der Waals surface area contributed by atoms with Crippen LogP contribution < -0.4 is 10.2 Å². The van der Waals surface area contributed by atoms with Gasteiger partial charge in [-0.1, -0.05) is 12.8 Å². The lowest BCUT2D eigenvalue weighted by Gasteiger charge is -2.35. The van der Waals surface area contributed by atoms with Gasteiger partial charge in [0.15, 0.2) is 0 Å². The quantitative estimate of drug-likeness (QED) is 0.763. The molecule has 3 aliphatic rings. The molecule has 2 saturated heterocycles. The van der Waals surface area contributed by atoms with Crippen molar-refractivity contribution >= 4 is 23.8 Å². The third kappa shape index (κ3) is 2.87. The molecular weight excluding hydrogens is 336 g/mol. The summed E-state index contributed by atoms with van der Waals surface area (Å²) in [5, 5.41) is 2.81. The van der Waals surface area contributed by atoms with Crippen LogP contribution in [0.1, 0.15) is 25.7 Å². The van der Waals surface area contributed by atoms with Crippen molar-refractivity contribution in [3.63, 3.8) is 0 Å². The van der Waals surface area contributed by atoms with Crippen LogP contribution in [0.15, 0.2) is 18.5 Å². The highest BCUT2D eigenvalue weighted by molar-refractivity contribution is 6.09. The molecule has 9 nitrogen and oxygen atoms in total. The molecule has 9 heteroatoms. The molecule has 0 bridgehead atoms. The number of nitrogens with zero attached hydrogens (tertiary/aromatic N) is 5. The second-order valence-corrected chi connectivity index (χ2v) is 7.03. The lowest BCUT2D eigenvalue weighted by atomic mass is 9.98. The molecule has 4 amide bonds. The maximum Gasteiger partial charge on any atom is 0.325 e. The SMILES string of the molecule is O=C(CN1C(=O)NC2(CCCC2)C1=O)N1CCN(c2ncccn2)CC1. The van der Waals surface area contributed by atoms with Gasteiger partial charge in [-0.15, -0.1) is 0 Å². The Kier molecular flexibility index (Phi) is 4.21. The fourth-order valence-electron chi connectivity index (χ4n) is 3.98. The topological polar surface area (TPSA) is 98.7 Å². The van der Waals surface area contributed by atoms with Crippen molar-refractivity contribution in [1.82, 2.24) is 25.1 Å². The zero-order chi connectivity index (χ0) is 18.1. The number of hydrogen-bond donors (Lipinski definition) is 1. The second-order valence-electron chi connectivity index (χ2n) is 7.03. The third-order valence-electron chi connectivity index (χ3n) is 5.46. The van der Waals surface area contributed by atoms with E-state index in [1.165, 1.54) is 0 Å². The average Bonchev–Trinajstić information content (AvgIpc) is 3.23. The number of anilines is 1. The van der Waals surface area contributed by atoms with Crippen LogP contribution in [0, 0.1) is 0 Å². The number of rotatable bonds is 3. The molecule has 1 aliphatic carbocycles. The molecule has 0 unspecified atom stereocenters. The molecule has 0 aromatic carbocycles. The number of piperazine rings is 1. The van der Waals surface area contributed by atoms with E-state index in [2.05, 4.69) is 15.3 Å². The molecular formula is C17H22N6O3. The molecule has 26 heavy (non-hydrogen) atoms. The van der Waals surface area contributed by atoms with Crippen LogP contribution in [0.25, 0.3) is 0 Å². The van der Waals surface area contributed by atoms with E-state index in [-0.39, 0.29) is 18.4 Å². The molecule has 1 aromatic rings. The lowest BCUT2D eigenvalue weighted by Crippen LogP contribution is -2.52. The van der Waals surface area contributed by atoms with Gasteiger partial charge >= 0.3 is 6.03 Å². The van der Waals surface area contributed by atoms with E-state index in [0.717, 1.165) is 17.7 Å². The van der Waals surface area contributed by atoms with Crippen molar-refractivity contribution in [3.05, 3.63) is 18.5 Å². The number of nitrogens with one attached hydrogen (secondary N) is 1. The fourth-order valence-corrected chi connectivity index (χ4v) is 3.98. The van der Waals surface area contributed by atoms with Crippen LogP contribution in [0.2, 0.25) is 0 Å². The van der Waals surface area contributed by atoms with Gasteiger partial charge in [-0.3, -0.25) is 14.5 Å². The third-order valence-corrected chi connectivity index (χ3v) is 5.46. The average molecular weight is 358 g/mol. The fraction of sp³-hybridized carbons (Fsp3) is 0.588. The summed E-state index contributed by atoms with van der Waals surface area (Å²) in [7, 11) is 0. The van der Waals surface area contributed by atoms with Gasteiger partial charge < -0.3 is 15.1 Å². The van der Waals surface area contributed by atoms with Crippen LogP contribution in [0.5, 0.6) is 0 Å². The van der Waals surface area contributed by atoms with Crippen LogP contribution in [0.4, 0.5) is 10.7 Å². The van der Waals surface area contributed by atoms with Crippen molar-refractivity contribution in [2.75, 3.05) is 37.6 Å². The minimum Gasteiger partial charge on any atom is -0.338 e. The first-order chi connectivity index (χ1) is 12.6. The standard InChI is InChI=1S/C17H22N6O3/c24-13(12-23-14(25)17(20-16(23)26)4-1-2-5-17)21-8-10-22(11-9-21)15-18-6-3-7-19-15/h3,6-7H,1-2,4-5,8-12H2,(H,20,26). The van der Waals surface area contributed by atoms with Crippen molar-refractivity contribution in [1.29, 1.82) is 0 Å². The highest BCUT2D eigenvalue weighted by Gasteiger charge is 2.52. The predicted octanol–water partition coefficient (Wildman–Crippen LogP) is -0.0102. The first-order valence-electron chi connectivity index (χ1n) is 9.03. The van der Waals surface area contributed by atoms with Gasteiger partial charge in [-0.05, 0) is 18.9 Å². The molecule has 1 saturated carbocycles. The van der Waals surface area contributed by atoms with Crippen molar-refractivity contribution in [2.24, 2.45) is 0 Å². The van der Waals surface area contributed by atoms with E-state index in [9.17, 15) is 14.4 Å². The van der Waals surface area contributed by atoms with Gasteiger partial charge in [0.2, 0.25) is 11.9 Å². The Balaban J connectivity index is 1.34. The number of amides is 4. The summed E-state index contributed by atoms with van der Waals surface area (Å²) in [5.74, 6) is 0.207. The van der Waals surface area contributed by atoms with E-state index in [1.807, 2.05) is 4.90 Å². The van der Waals surface area contributed by atoms with Gasteiger partial charge in [0, 0.05) is 38.6 Å². The molecule has 3 fully saturated rings. The summed E-state index contributed by atoms with van der Waals surface area (Å²) in [4.78, 5) is 50.7. The summed E-state index contributed by atoms with van der Waals surface area (Å²) < 4.78 is 0. The van der Waals surface area contributed by atoms with Crippen LogP contribution >= 0.6 is 0 Å². The largest absolute Gasteiger partial charge is 0.338 e. The maximum atomic E-state index is 12.6. The van der Waals surface area contributed by atoms with E-state index in [1.54, 1.807) is 23.4 Å². The van der Waals surface area contributed by atoms with Gasteiger partial charge in [0.05, 0.1) is 0 Å². The van der Waals surface area contributed by atoms with E-state index < -0.39 is 11.6 Å². The zero-order valence-electron chi connectivity index (χ0n) is 14.6. The first kappa shape index (κ1) is 16.7. The number of carbonyl (C=O) groups is 3. The Morgan fingerprint density at radius 2 is 1.73 bits per heavy atom. The number of imide groups is 1. The minimum atomic E-state index is -0.763. The van der Waals surface area contributed by atoms with Gasteiger partial charge in [-0.25, -0.2) is 14.8 Å². The summed E-state index contributed by atoms with van der Waals surface area (Å²) in [6.45, 7) is 2.10. The Hall–Kier alpha value is -2.71. The van der Waals surface area contributed by atoms with Crippen LogP contribution in [-0.2, 0) is 9.59 Å². The molecule has 2 aliphatic heterocycles. The van der Waals surface area contributed by atoms with E-state index >= 15 is 0 Å². The number of urea groups is 1. The molecule has 1 spiro atoms. The van der Waals surface area contributed by atoms with Crippen molar-refractivity contribution < 1.29 is 14.4 Å². The summed E-state index contributed by atoms with van der Waals surface area (Å²) in [6.07, 6.45) is 6.57. The normalized spacial score (nSPS) is 22.2. The monoisotopic (exact) mass is 358 g/mol. The number of hydrogen-bond acceptors (Lipinski definition) is 6. The van der Waals surface area contributed by atoms with Crippen LogP contribution in [0.3, 0.4) is 0 Å². The van der Waals surface area contributed by atoms with Crippen LogP contribution in [-0.4, -0.2) is 75.9 Å². The first-order valence-corrected chi connectivity index (χ1v) is 9.03. The molecule has 1 N–H and O–H groups in total. The molecule has 138 valence electrons. The maximum absolute atomic E-state index is 12.6. The summed E-state index contributed by atoms with van der Waals surface area (Å²) >= 11 is 0. The van der Waals surface area contributed by atoms with E-state index in [4.69, 9.17) is 0 Å². The summed E-state index contributed by atoms with van der Waals surface area (Å²) in [5.41, 5.74) is -0.763. The Labute approximate surface area is 151 Å². The molecule has 0 radical (unpaired) electrons. The number of carbonyl (C=O) groups excluding carboxylic acids is 3. The van der Waals surface area contributed by atoms with Gasteiger partial charge in [0.25, 0.3) is 5.91 Å². The highest BCUT2D eigenvalue weighted by Crippen LogP contribution is 2.34. The molecule has 1 aromatic heterocycles. The Bertz CT molecular complexity index is 710. The van der Waals surface area contributed by atoms with Gasteiger partial charge in [-0.2, -0.15) is 0 Å². The van der Waals surface area contributed by atoms with Crippen molar-refractivity contribution in [3.8, 4) is 0 Å². The summed E-state index contributed by atoms with van der Waals surface area (Å²) in [6, 6.07) is 1.32. The van der Waals surface area contributed by atoms with Gasteiger partial charge in [0.1, 0.15) is 12.1 Å². The predicted molar refractivity (Wildman–Crippen MR) is 92.3 cm³/mol. The smallest absolute Gasteiger partial charge is 0.325 e. The highest BCUT2D eigenvalue weighted by atomic mass is 16.2. The molecule has 4 rings (SSSR count). The molecule has 3 heterocycles. The Morgan fingerprint density at radius 3 is 2.38 bits per heavy atom. The minimum absolute atomic E-state index is 0.186. The second kappa shape index (κ2) is 6.54. The Morgan fingerprint density at radius 1 is 1.08 bits per heavy atom. The lowest BCUT2D eigenvalue weighted by molar-refractivity contribution is -0.139. The van der Waals surface area contributed by atoms with Crippen molar-refractivity contribution in [2.45, 2.75) is 31.2 Å².